The molecule has 2 aromatic heterocycles. The van der Waals surface area contributed by atoms with E-state index in [1.807, 2.05) is 5.38 Å². The van der Waals surface area contributed by atoms with Crippen LogP contribution < -0.4 is 5.56 Å². The van der Waals surface area contributed by atoms with Gasteiger partial charge in [0.1, 0.15) is 17.2 Å². The third-order valence-electron chi connectivity index (χ3n) is 6.41. The molecule has 11 heteroatoms. The molecule has 4 heterocycles. The number of nitrogens with zero attached hydrogens (tertiary/aromatic N) is 4. The first-order valence-corrected chi connectivity index (χ1v) is 13.5. The average molecular weight is 491 g/mol. The number of amides is 1. The zero-order valence-corrected chi connectivity index (χ0v) is 19.4. The summed E-state index contributed by atoms with van der Waals surface area (Å²) in [6, 6.07) is 5.96. The van der Waals surface area contributed by atoms with Gasteiger partial charge in [-0.1, -0.05) is 12.1 Å². The smallest absolute Gasteiger partial charge is 0.263 e. The minimum Gasteiger partial charge on any atom is -0.339 e. The number of aromatic nitrogens is 2. The molecule has 2 saturated heterocycles. The average Bonchev–Trinajstić information content (AvgIpc) is 3.40. The lowest BCUT2D eigenvalue weighted by molar-refractivity contribution is -0.133. The van der Waals surface area contributed by atoms with Crippen molar-refractivity contribution in [2.24, 2.45) is 0 Å². The molecule has 1 aromatic carbocycles. The molecule has 3 aromatic rings. The van der Waals surface area contributed by atoms with E-state index >= 15 is 0 Å². The van der Waals surface area contributed by atoms with Crippen LogP contribution in [0.15, 0.2) is 40.8 Å². The summed E-state index contributed by atoms with van der Waals surface area (Å²) in [4.78, 5) is 34.9. The molecule has 33 heavy (non-hydrogen) atoms. The van der Waals surface area contributed by atoms with Gasteiger partial charge in [-0.2, -0.15) is 0 Å². The summed E-state index contributed by atoms with van der Waals surface area (Å²) < 4.78 is 38.1. The summed E-state index contributed by atoms with van der Waals surface area (Å²) in [5, 5.41) is 2.25. The van der Waals surface area contributed by atoms with Crippen LogP contribution in [0.5, 0.6) is 0 Å². The second kappa shape index (κ2) is 8.62. The van der Waals surface area contributed by atoms with Crippen LogP contribution in [0.3, 0.4) is 0 Å². The lowest BCUT2D eigenvalue weighted by atomic mass is 10.1. The normalized spacial score (nSPS) is 21.0. The van der Waals surface area contributed by atoms with Crippen molar-refractivity contribution in [1.82, 2.24) is 19.4 Å². The van der Waals surface area contributed by atoms with Crippen molar-refractivity contribution in [2.75, 3.05) is 37.7 Å². The SMILES string of the molecule is O=C(Cn1cnc2scc(-c3ccc(F)cc3)c2c1=O)N1CCN([C@H]2CCS(=O)(=O)C2)CC1. The largest absolute Gasteiger partial charge is 0.339 e. The minimum atomic E-state index is -2.94. The molecule has 2 fully saturated rings. The zero-order chi connectivity index (χ0) is 23.2. The number of hydrogen-bond donors (Lipinski definition) is 0. The monoisotopic (exact) mass is 490 g/mol. The van der Waals surface area contributed by atoms with E-state index in [2.05, 4.69) is 9.88 Å². The number of fused-ring (bicyclic) bond motifs is 1. The molecule has 1 amide bonds. The summed E-state index contributed by atoms with van der Waals surface area (Å²) in [5.74, 6) is -0.0962. The third kappa shape index (κ3) is 4.44. The van der Waals surface area contributed by atoms with Gasteiger partial charge in [-0.15, -0.1) is 11.3 Å². The molecule has 0 bridgehead atoms. The van der Waals surface area contributed by atoms with Crippen molar-refractivity contribution in [3.63, 3.8) is 0 Å². The van der Waals surface area contributed by atoms with Crippen LogP contribution in [-0.2, 0) is 21.2 Å². The van der Waals surface area contributed by atoms with Crippen LogP contribution in [0.4, 0.5) is 4.39 Å². The van der Waals surface area contributed by atoms with Crippen molar-refractivity contribution < 1.29 is 17.6 Å². The van der Waals surface area contributed by atoms with Gasteiger partial charge in [0.15, 0.2) is 9.84 Å². The molecule has 2 aliphatic rings. The van der Waals surface area contributed by atoms with Crippen molar-refractivity contribution in [1.29, 1.82) is 0 Å². The van der Waals surface area contributed by atoms with E-state index < -0.39 is 9.84 Å². The highest BCUT2D eigenvalue weighted by Gasteiger charge is 2.34. The zero-order valence-electron chi connectivity index (χ0n) is 17.8. The molecule has 0 unspecified atom stereocenters. The maximum atomic E-state index is 13.3. The van der Waals surface area contributed by atoms with Crippen LogP contribution in [0, 0.1) is 5.82 Å². The fraction of sp³-hybridized carbons (Fsp3) is 0.409. The Morgan fingerprint density at radius 1 is 1.15 bits per heavy atom. The molecule has 0 N–H and O–H groups in total. The van der Waals surface area contributed by atoms with Crippen molar-refractivity contribution in [3.8, 4) is 11.1 Å². The highest BCUT2D eigenvalue weighted by molar-refractivity contribution is 7.91. The highest BCUT2D eigenvalue weighted by Crippen LogP contribution is 2.30. The van der Waals surface area contributed by atoms with E-state index in [0.717, 1.165) is 5.56 Å². The molecule has 0 radical (unpaired) electrons. The van der Waals surface area contributed by atoms with Gasteiger partial charge in [-0.05, 0) is 24.1 Å². The summed E-state index contributed by atoms with van der Waals surface area (Å²) >= 11 is 1.33. The fourth-order valence-corrected chi connectivity index (χ4v) is 7.24. The summed E-state index contributed by atoms with van der Waals surface area (Å²) in [7, 11) is -2.94. The Morgan fingerprint density at radius 2 is 1.88 bits per heavy atom. The number of sulfone groups is 1. The van der Waals surface area contributed by atoms with Crippen molar-refractivity contribution in [3.05, 3.63) is 52.1 Å². The molecule has 2 aliphatic heterocycles. The predicted octanol–water partition coefficient (Wildman–Crippen LogP) is 1.60. The van der Waals surface area contributed by atoms with Crippen LogP contribution in [0.2, 0.25) is 0 Å². The maximum Gasteiger partial charge on any atom is 0.263 e. The van der Waals surface area contributed by atoms with Gasteiger partial charge in [-0.3, -0.25) is 19.1 Å². The Labute approximate surface area is 194 Å². The first kappa shape index (κ1) is 22.2. The number of hydrogen-bond acceptors (Lipinski definition) is 7. The number of benzene rings is 1. The minimum absolute atomic E-state index is 0.0324. The molecule has 1 atom stereocenters. The Morgan fingerprint density at radius 3 is 2.55 bits per heavy atom. The topological polar surface area (TPSA) is 92.6 Å². The summed E-state index contributed by atoms with van der Waals surface area (Å²) in [6.45, 7) is 2.13. The summed E-state index contributed by atoms with van der Waals surface area (Å²) in [6.07, 6.45) is 2.04. The van der Waals surface area contributed by atoms with Gasteiger partial charge in [0.25, 0.3) is 5.56 Å². The number of rotatable bonds is 4. The van der Waals surface area contributed by atoms with E-state index in [0.29, 0.717) is 48.4 Å². The molecule has 174 valence electrons. The molecule has 0 saturated carbocycles. The Bertz CT molecular complexity index is 1360. The Balaban J connectivity index is 1.30. The van der Waals surface area contributed by atoms with Gasteiger partial charge >= 0.3 is 0 Å². The number of thiophene rings is 1. The lowest BCUT2D eigenvalue weighted by Gasteiger charge is -2.37. The molecular formula is C22H23FN4O4S2. The highest BCUT2D eigenvalue weighted by atomic mass is 32.2. The molecular weight excluding hydrogens is 467 g/mol. The van der Waals surface area contributed by atoms with Gasteiger partial charge in [-0.25, -0.2) is 17.8 Å². The summed E-state index contributed by atoms with van der Waals surface area (Å²) in [5.41, 5.74) is 1.09. The molecule has 0 aliphatic carbocycles. The first-order valence-electron chi connectivity index (χ1n) is 10.8. The van der Waals surface area contributed by atoms with Gasteiger partial charge < -0.3 is 4.90 Å². The quantitative estimate of drug-likeness (QED) is 0.552. The number of halogens is 1. The van der Waals surface area contributed by atoms with Crippen molar-refractivity contribution >= 4 is 37.3 Å². The van der Waals surface area contributed by atoms with E-state index in [4.69, 9.17) is 0 Å². The predicted molar refractivity (Wildman–Crippen MR) is 124 cm³/mol. The third-order valence-corrected chi connectivity index (χ3v) is 9.05. The van der Waals surface area contributed by atoms with Gasteiger partial charge in [0.2, 0.25) is 5.91 Å². The molecule has 0 spiro atoms. The van der Waals surface area contributed by atoms with Crippen molar-refractivity contribution in [2.45, 2.75) is 19.0 Å². The van der Waals surface area contributed by atoms with E-state index in [-0.39, 0.29) is 41.4 Å². The van der Waals surface area contributed by atoms with Gasteiger partial charge in [0, 0.05) is 43.2 Å². The Kier molecular flexibility index (Phi) is 5.79. The van der Waals surface area contributed by atoms with Gasteiger partial charge in [0.05, 0.1) is 23.2 Å². The number of piperazine rings is 1. The second-order valence-corrected chi connectivity index (χ2v) is 11.6. The lowest BCUT2D eigenvalue weighted by Crippen LogP contribution is -2.53. The van der Waals surface area contributed by atoms with Crippen LogP contribution in [-0.4, -0.2) is 77.4 Å². The molecule has 8 nitrogen and oxygen atoms in total. The standard InChI is InChI=1S/C22H23FN4O4S2/c23-16-3-1-15(2-4-16)18-12-32-21-20(18)22(29)27(14-24-21)11-19(28)26-8-6-25(7-9-26)17-5-10-33(30,31)13-17/h1-4,12,14,17H,5-11,13H2/t17-/m0/s1. The van der Waals surface area contributed by atoms with Crippen LogP contribution in [0.1, 0.15) is 6.42 Å². The van der Waals surface area contributed by atoms with E-state index in [1.54, 1.807) is 17.0 Å². The first-order chi connectivity index (χ1) is 15.8. The molecule has 5 rings (SSSR count). The number of carbonyl (C=O) groups excluding carboxylic acids is 1. The Hall–Kier alpha value is -2.63. The number of carbonyl (C=O) groups is 1. The maximum absolute atomic E-state index is 13.3. The van der Waals surface area contributed by atoms with Crippen LogP contribution >= 0.6 is 11.3 Å². The fourth-order valence-electron chi connectivity index (χ4n) is 4.57. The van der Waals surface area contributed by atoms with E-state index in [9.17, 15) is 22.4 Å². The van der Waals surface area contributed by atoms with Crippen LogP contribution in [0.25, 0.3) is 21.3 Å². The second-order valence-electron chi connectivity index (χ2n) is 8.49. The van der Waals surface area contributed by atoms with E-state index in [1.165, 1.54) is 34.4 Å².